The number of halogens is 1. The molecule has 2 aromatic rings. The number of rotatable bonds is 4. The second-order valence-electron chi connectivity index (χ2n) is 4.94. The summed E-state index contributed by atoms with van der Waals surface area (Å²) in [5, 5.41) is 6.89. The Labute approximate surface area is 134 Å². The number of amides is 1. The Morgan fingerprint density at radius 1 is 1.38 bits per heavy atom. The molecule has 0 radical (unpaired) electrons. The number of thiazole rings is 1. The van der Waals surface area contributed by atoms with E-state index in [1.54, 1.807) is 0 Å². The molecule has 4 nitrogen and oxygen atoms in total. The third-order valence-electron chi connectivity index (χ3n) is 3.40. The van der Waals surface area contributed by atoms with E-state index in [4.69, 9.17) is 0 Å². The molecule has 1 aromatic heterocycles. The predicted molar refractivity (Wildman–Crippen MR) is 89.1 cm³/mol. The van der Waals surface area contributed by atoms with Gasteiger partial charge in [0.25, 0.3) is 0 Å². The molecule has 2 N–H and O–H groups in total. The standard InChI is InChI=1S/C15H17N3OS.ClH/c19-14(9-12-7-4-8-16-12)18-15-17-10-13(20-15)11-5-2-1-3-6-11;/h1-3,5-6,10,12,16H,4,7-9H2,(H,17,18,19);1H. The maximum atomic E-state index is 11.9. The maximum Gasteiger partial charge on any atom is 0.227 e. The summed E-state index contributed by atoms with van der Waals surface area (Å²) in [6.07, 6.45) is 4.58. The zero-order valence-electron chi connectivity index (χ0n) is 11.5. The lowest BCUT2D eigenvalue weighted by molar-refractivity contribution is -0.116. The minimum atomic E-state index is 0. The zero-order valence-corrected chi connectivity index (χ0v) is 13.2. The molecular formula is C15H18ClN3OS. The number of carbonyl (C=O) groups is 1. The third-order valence-corrected chi connectivity index (χ3v) is 4.37. The molecule has 1 aromatic carbocycles. The van der Waals surface area contributed by atoms with Gasteiger partial charge in [-0.2, -0.15) is 0 Å². The van der Waals surface area contributed by atoms with Crippen molar-refractivity contribution in [2.45, 2.75) is 25.3 Å². The molecule has 1 unspecified atom stereocenters. The first-order valence-corrected chi connectivity index (χ1v) is 7.67. The van der Waals surface area contributed by atoms with Gasteiger partial charge in [0.2, 0.25) is 5.91 Å². The van der Waals surface area contributed by atoms with Gasteiger partial charge >= 0.3 is 0 Å². The van der Waals surface area contributed by atoms with E-state index < -0.39 is 0 Å². The fourth-order valence-corrected chi connectivity index (χ4v) is 3.23. The molecule has 21 heavy (non-hydrogen) atoms. The highest BCUT2D eigenvalue weighted by Crippen LogP contribution is 2.28. The minimum Gasteiger partial charge on any atom is -0.313 e. The monoisotopic (exact) mass is 323 g/mol. The quantitative estimate of drug-likeness (QED) is 0.907. The molecule has 2 heterocycles. The summed E-state index contributed by atoms with van der Waals surface area (Å²) in [5.74, 6) is 0.0401. The second kappa shape index (κ2) is 7.54. The Morgan fingerprint density at radius 3 is 2.90 bits per heavy atom. The summed E-state index contributed by atoms with van der Waals surface area (Å²) in [4.78, 5) is 17.3. The summed E-state index contributed by atoms with van der Waals surface area (Å²) in [5.41, 5.74) is 1.13. The van der Waals surface area contributed by atoms with Crippen molar-refractivity contribution in [1.82, 2.24) is 10.3 Å². The number of carbonyl (C=O) groups excluding carboxylic acids is 1. The Hall–Kier alpha value is -1.43. The van der Waals surface area contributed by atoms with E-state index in [-0.39, 0.29) is 18.3 Å². The van der Waals surface area contributed by atoms with Gasteiger partial charge in [-0.3, -0.25) is 4.79 Å². The number of nitrogens with one attached hydrogen (secondary N) is 2. The van der Waals surface area contributed by atoms with Crippen LogP contribution in [0.1, 0.15) is 19.3 Å². The fourth-order valence-electron chi connectivity index (χ4n) is 2.39. The van der Waals surface area contributed by atoms with Gasteiger partial charge in [-0.05, 0) is 24.9 Å². The molecule has 1 fully saturated rings. The Balaban J connectivity index is 0.00000161. The van der Waals surface area contributed by atoms with Crippen molar-refractivity contribution in [2.24, 2.45) is 0 Å². The lowest BCUT2D eigenvalue weighted by atomic mass is 10.1. The molecule has 112 valence electrons. The van der Waals surface area contributed by atoms with E-state index in [9.17, 15) is 4.79 Å². The Kier molecular flexibility index (Phi) is 5.73. The van der Waals surface area contributed by atoms with Crippen LogP contribution in [0.5, 0.6) is 0 Å². The normalized spacial score (nSPS) is 17.2. The molecule has 1 saturated heterocycles. The van der Waals surface area contributed by atoms with Crippen LogP contribution >= 0.6 is 23.7 Å². The molecule has 1 atom stereocenters. The van der Waals surface area contributed by atoms with Crippen LogP contribution in [0.15, 0.2) is 36.5 Å². The average molecular weight is 324 g/mol. The molecule has 0 saturated carbocycles. The lowest BCUT2D eigenvalue weighted by Crippen LogP contribution is -2.27. The number of hydrogen-bond acceptors (Lipinski definition) is 4. The molecule has 1 aliphatic heterocycles. The Bertz CT molecular complexity index is 582. The molecule has 1 aliphatic rings. The van der Waals surface area contributed by atoms with Gasteiger partial charge in [0, 0.05) is 18.7 Å². The van der Waals surface area contributed by atoms with E-state index in [2.05, 4.69) is 15.6 Å². The largest absolute Gasteiger partial charge is 0.313 e. The highest BCUT2D eigenvalue weighted by atomic mass is 35.5. The summed E-state index contributed by atoms with van der Waals surface area (Å²) >= 11 is 1.51. The van der Waals surface area contributed by atoms with Crippen molar-refractivity contribution >= 4 is 34.8 Å². The van der Waals surface area contributed by atoms with Crippen molar-refractivity contribution in [3.8, 4) is 10.4 Å². The third kappa shape index (κ3) is 4.27. The van der Waals surface area contributed by atoms with E-state index in [1.807, 2.05) is 36.5 Å². The van der Waals surface area contributed by atoms with E-state index in [1.165, 1.54) is 11.3 Å². The van der Waals surface area contributed by atoms with Crippen LogP contribution in [0.25, 0.3) is 10.4 Å². The first-order valence-electron chi connectivity index (χ1n) is 6.86. The molecular weight excluding hydrogens is 306 g/mol. The number of nitrogens with zero attached hydrogens (tertiary/aromatic N) is 1. The number of aromatic nitrogens is 1. The zero-order chi connectivity index (χ0) is 13.8. The van der Waals surface area contributed by atoms with Gasteiger partial charge in [0.05, 0.1) is 4.88 Å². The Morgan fingerprint density at radius 2 is 2.19 bits per heavy atom. The van der Waals surface area contributed by atoms with E-state index >= 15 is 0 Å². The predicted octanol–water partition coefficient (Wildman–Crippen LogP) is 3.31. The summed E-state index contributed by atoms with van der Waals surface area (Å²) < 4.78 is 0. The molecule has 3 rings (SSSR count). The first-order chi connectivity index (χ1) is 9.81. The minimum absolute atomic E-state index is 0. The SMILES string of the molecule is Cl.O=C(CC1CCCN1)Nc1ncc(-c2ccccc2)s1. The van der Waals surface area contributed by atoms with Gasteiger partial charge in [0.15, 0.2) is 5.13 Å². The number of anilines is 1. The molecule has 0 aliphatic carbocycles. The molecule has 6 heteroatoms. The lowest BCUT2D eigenvalue weighted by Gasteiger charge is -2.08. The molecule has 0 spiro atoms. The van der Waals surface area contributed by atoms with Gasteiger partial charge in [0.1, 0.15) is 0 Å². The first kappa shape index (κ1) is 15.9. The fraction of sp³-hybridized carbons (Fsp3) is 0.333. The van der Waals surface area contributed by atoms with Crippen molar-refractivity contribution in [2.75, 3.05) is 11.9 Å². The van der Waals surface area contributed by atoms with Crippen LogP contribution in [0, 0.1) is 0 Å². The molecule has 1 amide bonds. The highest BCUT2D eigenvalue weighted by molar-refractivity contribution is 7.19. The second-order valence-corrected chi connectivity index (χ2v) is 5.97. The van der Waals surface area contributed by atoms with Gasteiger partial charge < -0.3 is 10.6 Å². The summed E-state index contributed by atoms with van der Waals surface area (Å²) in [6, 6.07) is 10.4. The van der Waals surface area contributed by atoms with Gasteiger partial charge in [-0.15, -0.1) is 12.4 Å². The van der Waals surface area contributed by atoms with Crippen molar-refractivity contribution in [1.29, 1.82) is 0 Å². The van der Waals surface area contributed by atoms with Crippen LogP contribution in [0.3, 0.4) is 0 Å². The number of benzene rings is 1. The number of hydrogen-bond donors (Lipinski definition) is 2. The van der Waals surface area contributed by atoms with Crippen LogP contribution in [-0.4, -0.2) is 23.5 Å². The van der Waals surface area contributed by atoms with Crippen molar-refractivity contribution < 1.29 is 4.79 Å². The highest BCUT2D eigenvalue weighted by Gasteiger charge is 2.18. The van der Waals surface area contributed by atoms with Crippen molar-refractivity contribution in [3.05, 3.63) is 36.5 Å². The van der Waals surface area contributed by atoms with Crippen LogP contribution < -0.4 is 10.6 Å². The average Bonchev–Trinajstić information content (AvgIpc) is 3.11. The van der Waals surface area contributed by atoms with Crippen LogP contribution in [-0.2, 0) is 4.79 Å². The van der Waals surface area contributed by atoms with E-state index in [0.29, 0.717) is 17.6 Å². The van der Waals surface area contributed by atoms with Gasteiger partial charge in [-0.1, -0.05) is 41.7 Å². The maximum absolute atomic E-state index is 11.9. The summed E-state index contributed by atoms with van der Waals surface area (Å²) in [6.45, 7) is 1.02. The van der Waals surface area contributed by atoms with Gasteiger partial charge in [-0.25, -0.2) is 4.98 Å². The van der Waals surface area contributed by atoms with Crippen LogP contribution in [0.2, 0.25) is 0 Å². The van der Waals surface area contributed by atoms with E-state index in [0.717, 1.165) is 29.8 Å². The topological polar surface area (TPSA) is 54.0 Å². The smallest absolute Gasteiger partial charge is 0.227 e. The molecule has 0 bridgehead atoms. The summed E-state index contributed by atoms with van der Waals surface area (Å²) in [7, 11) is 0. The van der Waals surface area contributed by atoms with Crippen molar-refractivity contribution in [3.63, 3.8) is 0 Å². The van der Waals surface area contributed by atoms with Crippen LogP contribution in [0.4, 0.5) is 5.13 Å².